The largest absolute Gasteiger partial charge is 0.480 e. The third kappa shape index (κ3) is 6.43. The van der Waals surface area contributed by atoms with E-state index in [1.54, 1.807) is 30.3 Å². The molecule has 1 amide bonds. The molecular weight excluding hydrogens is 334 g/mol. The minimum absolute atomic E-state index is 0.110. The van der Waals surface area contributed by atoms with Gasteiger partial charge < -0.3 is 21.3 Å². The summed E-state index contributed by atoms with van der Waals surface area (Å²) in [5.41, 5.74) is 11.3. The van der Waals surface area contributed by atoms with Gasteiger partial charge in [0.15, 0.2) is 5.96 Å². The van der Waals surface area contributed by atoms with E-state index >= 15 is 0 Å². The fraction of sp³-hybridized carbons (Fsp3) is 0.357. The van der Waals surface area contributed by atoms with Gasteiger partial charge in [0.05, 0.1) is 6.54 Å². The molecule has 1 aromatic rings. The first kappa shape index (κ1) is 19.8. The van der Waals surface area contributed by atoms with Crippen LogP contribution in [0.4, 0.5) is 4.79 Å². The number of nitro groups is 1. The van der Waals surface area contributed by atoms with Crippen LogP contribution in [-0.4, -0.2) is 51.6 Å². The van der Waals surface area contributed by atoms with E-state index in [0.29, 0.717) is 10.5 Å². The van der Waals surface area contributed by atoms with E-state index in [1.807, 2.05) is 0 Å². The summed E-state index contributed by atoms with van der Waals surface area (Å²) in [5.74, 6) is -2.17. The lowest BCUT2D eigenvalue weighted by molar-refractivity contribution is -0.523. The number of hydrogen-bond donors (Lipinski definition) is 4. The van der Waals surface area contributed by atoms with Crippen LogP contribution in [0.5, 0.6) is 0 Å². The van der Waals surface area contributed by atoms with Crippen LogP contribution >= 0.6 is 0 Å². The summed E-state index contributed by atoms with van der Waals surface area (Å²) in [6.45, 7) is -0.738. The Labute approximate surface area is 142 Å². The molecule has 0 fully saturated rings. The third-order valence-corrected chi connectivity index (χ3v) is 3.25. The molecule has 0 bridgehead atoms. The Morgan fingerprint density at radius 3 is 2.44 bits per heavy atom. The lowest BCUT2D eigenvalue weighted by Crippen LogP contribution is -2.49. The minimum Gasteiger partial charge on any atom is -0.480 e. The summed E-state index contributed by atoms with van der Waals surface area (Å²) < 4.78 is 4.98. The molecule has 25 heavy (non-hydrogen) atoms. The first-order valence-electron chi connectivity index (χ1n) is 7.16. The van der Waals surface area contributed by atoms with Gasteiger partial charge in [0.1, 0.15) is 12.6 Å². The number of amides is 1. The summed E-state index contributed by atoms with van der Waals surface area (Å²) in [4.78, 5) is 33.7. The van der Waals surface area contributed by atoms with Crippen molar-refractivity contribution in [3.8, 4) is 0 Å². The number of hydrogen-bond acceptors (Lipinski definition) is 7. The smallest absolute Gasteiger partial charge is 0.417 e. The molecule has 0 aliphatic heterocycles. The van der Waals surface area contributed by atoms with E-state index in [9.17, 15) is 19.7 Å². The topological polar surface area (TPSA) is 186 Å². The third-order valence-electron chi connectivity index (χ3n) is 3.25. The van der Waals surface area contributed by atoms with Crippen molar-refractivity contribution >= 4 is 18.0 Å². The molecule has 0 heterocycles. The van der Waals surface area contributed by atoms with Crippen molar-refractivity contribution < 1.29 is 24.4 Å². The number of carbonyl (C=O) groups excluding carboxylic acids is 1. The Balaban J connectivity index is 2.75. The average Bonchev–Trinajstić information content (AvgIpc) is 2.56. The molecule has 136 valence electrons. The number of aliphatic carboxylic acids is 1. The van der Waals surface area contributed by atoms with Gasteiger partial charge in [-0.05, 0) is 5.56 Å². The highest BCUT2D eigenvalue weighted by Crippen LogP contribution is 2.08. The predicted octanol–water partition coefficient (Wildman–Crippen LogP) is -0.0340. The van der Waals surface area contributed by atoms with Gasteiger partial charge in [-0.15, -0.1) is 0 Å². The summed E-state index contributed by atoms with van der Waals surface area (Å²) in [6, 6.07) is 5.67. The van der Waals surface area contributed by atoms with E-state index in [4.69, 9.17) is 26.7 Å². The zero-order valence-corrected chi connectivity index (χ0v) is 13.2. The maximum atomic E-state index is 12.0. The summed E-state index contributed by atoms with van der Waals surface area (Å²) >= 11 is 0. The Bertz CT molecular complexity index is 638. The van der Waals surface area contributed by atoms with Gasteiger partial charge >= 0.3 is 12.1 Å². The highest BCUT2D eigenvalue weighted by Gasteiger charge is 2.32. The lowest BCUT2D eigenvalue weighted by Gasteiger charge is -2.22. The van der Waals surface area contributed by atoms with Crippen molar-refractivity contribution in [3.05, 3.63) is 46.0 Å². The second-order valence-electron chi connectivity index (χ2n) is 5.16. The molecular formula is C14H19N5O6. The zero-order chi connectivity index (χ0) is 19.0. The Kier molecular flexibility index (Phi) is 7.28. The van der Waals surface area contributed by atoms with Crippen LogP contribution in [0, 0.1) is 15.5 Å². The number of benzene rings is 1. The van der Waals surface area contributed by atoms with Crippen LogP contribution < -0.4 is 11.5 Å². The molecule has 0 saturated carbocycles. The Hall–Kier alpha value is -3.21. The standard InChI is InChI=1S/C14H19N5O6/c15-11(12(20)21)6-10(19(23)24)7-18(13(16)17)14(22)25-8-9-4-2-1-3-5-9/h1-5,10-11H,6-8,15H2,(H3,16,17)(H,20,21)/t10?,11-/m0/s1. The van der Waals surface area contributed by atoms with E-state index < -0.39 is 48.0 Å². The fourth-order valence-corrected chi connectivity index (χ4v) is 1.90. The molecule has 2 atom stereocenters. The van der Waals surface area contributed by atoms with Gasteiger partial charge in [0, 0.05) is 11.3 Å². The number of ether oxygens (including phenoxy) is 1. The second-order valence-corrected chi connectivity index (χ2v) is 5.16. The van der Waals surface area contributed by atoms with Gasteiger partial charge in [0.25, 0.3) is 0 Å². The highest BCUT2D eigenvalue weighted by atomic mass is 16.6. The maximum absolute atomic E-state index is 12.0. The maximum Gasteiger partial charge on any atom is 0.417 e. The number of rotatable bonds is 8. The molecule has 11 nitrogen and oxygen atoms in total. The van der Waals surface area contributed by atoms with E-state index in [-0.39, 0.29) is 6.61 Å². The van der Waals surface area contributed by atoms with Gasteiger partial charge in [-0.2, -0.15) is 0 Å². The molecule has 0 saturated heterocycles. The number of nitrogens with zero attached hydrogens (tertiary/aromatic N) is 2. The van der Waals surface area contributed by atoms with Crippen LogP contribution in [0.1, 0.15) is 12.0 Å². The first-order chi connectivity index (χ1) is 11.7. The van der Waals surface area contributed by atoms with E-state index in [1.165, 1.54) is 0 Å². The zero-order valence-electron chi connectivity index (χ0n) is 13.2. The van der Waals surface area contributed by atoms with E-state index in [2.05, 4.69) is 0 Å². The van der Waals surface area contributed by atoms with E-state index in [0.717, 1.165) is 0 Å². The number of carbonyl (C=O) groups is 2. The lowest BCUT2D eigenvalue weighted by atomic mass is 10.1. The van der Waals surface area contributed by atoms with Crippen LogP contribution in [-0.2, 0) is 16.1 Å². The average molecular weight is 353 g/mol. The minimum atomic E-state index is -1.51. The summed E-state index contributed by atoms with van der Waals surface area (Å²) in [5, 5.41) is 27.2. The van der Waals surface area contributed by atoms with Crippen molar-refractivity contribution in [2.24, 2.45) is 11.5 Å². The van der Waals surface area contributed by atoms with Crippen molar-refractivity contribution in [1.29, 1.82) is 5.41 Å². The number of carboxylic acids is 1. The van der Waals surface area contributed by atoms with Crippen LogP contribution in [0.2, 0.25) is 0 Å². The quantitative estimate of drug-likeness (QED) is 0.217. The Morgan fingerprint density at radius 2 is 1.96 bits per heavy atom. The number of nitrogens with one attached hydrogen (secondary N) is 1. The number of carboxylic acid groups (broad SMARTS) is 1. The molecule has 6 N–H and O–H groups in total. The van der Waals surface area contributed by atoms with Crippen molar-refractivity contribution in [1.82, 2.24) is 4.90 Å². The SMILES string of the molecule is N=C(N)N(CC(C[C@H](N)C(=O)O)[N+](=O)[O-])C(=O)OCc1ccccc1. The molecule has 1 rings (SSSR count). The summed E-state index contributed by atoms with van der Waals surface area (Å²) in [7, 11) is 0. The molecule has 1 aromatic carbocycles. The second kappa shape index (κ2) is 9.17. The van der Waals surface area contributed by atoms with Gasteiger partial charge in [0.2, 0.25) is 6.04 Å². The molecule has 0 aliphatic rings. The monoisotopic (exact) mass is 353 g/mol. The van der Waals surface area contributed by atoms with Gasteiger partial charge in [-0.1, -0.05) is 30.3 Å². The molecule has 1 unspecified atom stereocenters. The molecule has 0 aliphatic carbocycles. The van der Waals surface area contributed by atoms with Gasteiger partial charge in [-0.3, -0.25) is 20.3 Å². The fourth-order valence-electron chi connectivity index (χ4n) is 1.90. The first-order valence-corrected chi connectivity index (χ1v) is 7.16. The normalized spacial score (nSPS) is 12.7. The van der Waals surface area contributed by atoms with Gasteiger partial charge in [-0.25, -0.2) is 9.69 Å². The van der Waals surface area contributed by atoms with Crippen LogP contribution in [0.25, 0.3) is 0 Å². The van der Waals surface area contributed by atoms with Crippen molar-refractivity contribution in [3.63, 3.8) is 0 Å². The number of guanidine groups is 1. The molecule has 0 radical (unpaired) electrons. The molecule has 11 heteroatoms. The summed E-state index contributed by atoms with van der Waals surface area (Å²) in [6.07, 6.45) is -1.58. The Morgan fingerprint density at radius 1 is 1.36 bits per heavy atom. The van der Waals surface area contributed by atoms with Crippen molar-refractivity contribution in [2.45, 2.75) is 25.1 Å². The van der Waals surface area contributed by atoms with Crippen molar-refractivity contribution in [2.75, 3.05) is 6.54 Å². The molecule has 0 spiro atoms. The molecule has 0 aromatic heterocycles. The number of nitrogens with two attached hydrogens (primary N) is 2. The highest BCUT2D eigenvalue weighted by molar-refractivity contribution is 5.91. The van der Waals surface area contributed by atoms with Crippen LogP contribution in [0.15, 0.2) is 30.3 Å². The predicted molar refractivity (Wildman–Crippen MR) is 86.3 cm³/mol. The van der Waals surface area contributed by atoms with Crippen LogP contribution in [0.3, 0.4) is 0 Å².